The average molecular weight is 436 g/mol. The molecule has 1 N–H and O–H groups in total. The summed E-state index contributed by atoms with van der Waals surface area (Å²) in [7, 11) is -3.80. The van der Waals surface area contributed by atoms with Gasteiger partial charge in [0.15, 0.2) is 5.78 Å². The van der Waals surface area contributed by atoms with E-state index >= 15 is 0 Å². The zero-order valence-corrected chi connectivity index (χ0v) is 17.1. The normalized spacial score (nSPS) is 17.2. The molecule has 1 amide bonds. The van der Waals surface area contributed by atoms with Crippen molar-refractivity contribution in [3.63, 3.8) is 0 Å². The number of hydrogen-bond donors (Lipinski definition) is 1. The molecular weight excluding hydrogens is 418 g/mol. The fourth-order valence-corrected chi connectivity index (χ4v) is 5.36. The van der Waals surface area contributed by atoms with Crippen LogP contribution in [0.1, 0.15) is 23.0 Å². The number of nitrogens with zero attached hydrogens (tertiary/aromatic N) is 4. The Bertz CT molecular complexity index is 1100. The number of Topliss-reactive ketones (excluding diaryl/α,β-unsaturated/α-hetero) is 1. The van der Waals surface area contributed by atoms with Crippen molar-refractivity contribution in [1.29, 1.82) is 0 Å². The second-order valence-electron chi connectivity index (χ2n) is 6.87. The monoisotopic (exact) mass is 435 g/mol. The first-order valence-electron chi connectivity index (χ1n) is 8.96. The van der Waals surface area contributed by atoms with E-state index in [4.69, 9.17) is 11.6 Å². The van der Waals surface area contributed by atoms with Crippen LogP contribution in [0.4, 0.5) is 11.5 Å². The van der Waals surface area contributed by atoms with Crippen molar-refractivity contribution in [2.45, 2.75) is 18.2 Å². The van der Waals surface area contributed by atoms with Crippen molar-refractivity contribution >= 4 is 44.8 Å². The zero-order chi connectivity index (χ0) is 20.8. The molecule has 1 saturated heterocycles. The number of nitrogens with one attached hydrogen (secondary N) is 1. The molecule has 9 nitrogen and oxygen atoms in total. The smallest absolute Gasteiger partial charge is 0.244 e. The van der Waals surface area contributed by atoms with E-state index in [1.54, 1.807) is 0 Å². The Balaban J connectivity index is 1.50. The molecule has 152 valence electrons. The van der Waals surface area contributed by atoms with Crippen LogP contribution in [0.2, 0.25) is 5.02 Å². The second-order valence-corrected chi connectivity index (χ2v) is 9.19. The van der Waals surface area contributed by atoms with E-state index in [-0.39, 0.29) is 46.8 Å². The van der Waals surface area contributed by atoms with Gasteiger partial charge in [0.25, 0.3) is 0 Å². The molecular formula is C18H18ClN5O4S. The topological polar surface area (TPSA) is 113 Å². The molecule has 2 aromatic rings. The van der Waals surface area contributed by atoms with E-state index < -0.39 is 10.0 Å². The van der Waals surface area contributed by atoms with Gasteiger partial charge in [0.1, 0.15) is 16.4 Å². The number of ketones is 1. The maximum Gasteiger partial charge on any atom is 0.244 e. The standard InChI is InChI=1S/C18H18ClN5O4S/c1-11(25)15-9-21-17(10-20-15)23-2-4-24(5-3-23)29(27,28)16-6-12-7-18(26)22-14(12)8-13(16)19/h6,8-10H,2-5,7H2,1H3,(H,22,26). The molecule has 0 radical (unpaired) electrons. The minimum atomic E-state index is -3.80. The Morgan fingerprint density at radius 1 is 1.14 bits per heavy atom. The maximum atomic E-state index is 13.1. The number of halogens is 1. The molecule has 2 aliphatic heterocycles. The van der Waals surface area contributed by atoms with Crippen molar-refractivity contribution in [3.05, 3.63) is 40.8 Å². The number of hydrogen-bond acceptors (Lipinski definition) is 7. The lowest BCUT2D eigenvalue weighted by Gasteiger charge is -2.34. The highest BCUT2D eigenvalue weighted by molar-refractivity contribution is 7.89. The van der Waals surface area contributed by atoms with Crippen LogP contribution in [-0.2, 0) is 21.2 Å². The number of piperazine rings is 1. The third-order valence-corrected chi connectivity index (χ3v) is 7.33. The minimum absolute atomic E-state index is 0.00784. The first-order chi connectivity index (χ1) is 13.8. The van der Waals surface area contributed by atoms with Gasteiger partial charge >= 0.3 is 0 Å². The van der Waals surface area contributed by atoms with Gasteiger partial charge < -0.3 is 10.2 Å². The Kier molecular flexibility index (Phi) is 5.01. The van der Waals surface area contributed by atoms with E-state index in [9.17, 15) is 18.0 Å². The van der Waals surface area contributed by atoms with E-state index in [1.165, 1.54) is 35.8 Å². The lowest BCUT2D eigenvalue weighted by Crippen LogP contribution is -2.49. The summed E-state index contributed by atoms with van der Waals surface area (Å²) in [6.45, 7) is 2.78. The lowest BCUT2D eigenvalue weighted by molar-refractivity contribution is -0.115. The average Bonchev–Trinajstić information content (AvgIpc) is 3.06. The van der Waals surface area contributed by atoms with Gasteiger partial charge in [-0.05, 0) is 17.7 Å². The van der Waals surface area contributed by atoms with Gasteiger partial charge in [-0.1, -0.05) is 11.6 Å². The van der Waals surface area contributed by atoms with E-state index in [2.05, 4.69) is 15.3 Å². The first-order valence-corrected chi connectivity index (χ1v) is 10.8. The van der Waals surface area contributed by atoms with Gasteiger partial charge in [-0.25, -0.2) is 18.4 Å². The molecule has 0 unspecified atom stereocenters. The molecule has 0 atom stereocenters. The van der Waals surface area contributed by atoms with Gasteiger partial charge in [-0.2, -0.15) is 4.31 Å². The number of benzene rings is 1. The van der Waals surface area contributed by atoms with Crippen molar-refractivity contribution < 1.29 is 18.0 Å². The molecule has 0 bridgehead atoms. The van der Waals surface area contributed by atoms with Crippen LogP contribution >= 0.6 is 11.6 Å². The predicted octanol–water partition coefficient (Wildman–Crippen LogP) is 1.34. The molecule has 1 fully saturated rings. The predicted molar refractivity (Wildman–Crippen MR) is 107 cm³/mol. The van der Waals surface area contributed by atoms with E-state index in [1.807, 2.05) is 4.90 Å². The van der Waals surface area contributed by atoms with E-state index in [0.717, 1.165) is 0 Å². The Morgan fingerprint density at radius 2 is 1.86 bits per heavy atom. The van der Waals surface area contributed by atoms with Crippen LogP contribution in [0.3, 0.4) is 0 Å². The number of carbonyl (C=O) groups is 2. The number of fused-ring (bicyclic) bond motifs is 1. The fourth-order valence-electron chi connectivity index (χ4n) is 3.39. The number of sulfonamides is 1. The third kappa shape index (κ3) is 3.70. The van der Waals surface area contributed by atoms with Crippen molar-refractivity contribution in [1.82, 2.24) is 14.3 Å². The summed E-state index contributed by atoms with van der Waals surface area (Å²) >= 11 is 6.21. The number of rotatable bonds is 4. The highest BCUT2D eigenvalue weighted by atomic mass is 35.5. The number of aromatic nitrogens is 2. The van der Waals surface area contributed by atoms with Crippen molar-refractivity contribution in [2.75, 3.05) is 36.4 Å². The Labute approximate surface area is 172 Å². The zero-order valence-electron chi connectivity index (χ0n) is 15.6. The Hall–Kier alpha value is -2.56. The molecule has 1 aromatic carbocycles. The first kappa shape index (κ1) is 19.7. The molecule has 2 aliphatic rings. The highest BCUT2D eigenvalue weighted by Crippen LogP contribution is 2.34. The number of anilines is 2. The van der Waals surface area contributed by atoms with Crippen molar-refractivity contribution in [2.24, 2.45) is 0 Å². The van der Waals surface area contributed by atoms with Crippen LogP contribution in [0, 0.1) is 0 Å². The second kappa shape index (κ2) is 7.36. The van der Waals surface area contributed by atoms with Gasteiger partial charge in [0, 0.05) is 38.8 Å². The van der Waals surface area contributed by atoms with Gasteiger partial charge in [0.2, 0.25) is 15.9 Å². The van der Waals surface area contributed by atoms with Crippen LogP contribution in [0.25, 0.3) is 0 Å². The summed E-state index contributed by atoms with van der Waals surface area (Å²) in [6.07, 6.45) is 3.07. The summed E-state index contributed by atoms with van der Waals surface area (Å²) in [5.41, 5.74) is 1.46. The summed E-state index contributed by atoms with van der Waals surface area (Å²) in [6, 6.07) is 2.96. The molecule has 0 saturated carbocycles. The SMILES string of the molecule is CC(=O)c1cnc(N2CCN(S(=O)(=O)c3cc4c(cc3Cl)NC(=O)C4)CC2)cn1. The third-order valence-electron chi connectivity index (χ3n) is 4.96. The summed E-state index contributed by atoms with van der Waals surface area (Å²) in [5.74, 6) is 0.242. The number of carbonyl (C=O) groups excluding carboxylic acids is 2. The van der Waals surface area contributed by atoms with E-state index in [0.29, 0.717) is 30.2 Å². The van der Waals surface area contributed by atoms with Crippen LogP contribution in [0.5, 0.6) is 0 Å². The quantitative estimate of drug-likeness (QED) is 0.721. The number of amides is 1. The molecule has 29 heavy (non-hydrogen) atoms. The van der Waals surface area contributed by atoms with Crippen LogP contribution in [-0.4, -0.2) is 60.6 Å². The largest absolute Gasteiger partial charge is 0.353 e. The Morgan fingerprint density at radius 3 is 2.48 bits per heavy atom. The van der Waals surface area contributed by atoms with Crippen molar-refractivity contribution in [3.8, 4) is 0 Å². The highest BCUT2D eigenvalue weighted by Gasteiger charge is 2.32. The summed E-state index contributed by atoms with van der Waals surface area (Å²) in [4.78, 5) is 33.1. The molecule has 3 heterocycles. The van der Waals surface area contributed by atoms with Gasteiger partial charge in [-0.3, -0.25) is 9.59 Å². The summed E-state index contributed by atoms with van der Waals surface area (Å²) < 4.78 is 27.6. The van der Waals surface area contributed by atoms with Crippen LogP contribution in [0.15, 0.2) is 29.4 Å². The molecule has 11 heteroatoms. The van der Waals surface area contributed by atoms with Crippen LogP contribution < -0.4 is 10.2 Å². The maximum absolute atomic E-state index is 13.1. The van der Waals surface area contributed by atoms with Gasteiger partial charge in [-0.15, -0.1) is 0 Å². The fraction of sp³-hybridized carbons (Fsp3) is 0.333. The minimum Gasteiger partial charge on any atom is -0.353 e. The molecule has 0 spiro atoms. The molecule has 1 aromatic heterocycles. The molecule has 4 rings (SSSR count). The van der Waals surface area contributed by atoms with Gasteiger partial charge in [0.05, 0.1) is 23.8 Å². The summed E-state index contributed by atoms with van der Waals surface area (Å²) in [5, 5.41) is 2.74. The molecule has 0 aliphatic carbocycles. The lowest BCUT2D eigenvalue weighted by atomic mass is 10.2.